The molecule has 1 heterocycles. The van der Waals surface area contributed by atoms with Gasteiger partial charge in [0.1, 0.15) is 5.69 Å². The van der Waals surface area contributed by atoms with Crippen molar-refractivity contribution in [3.63, 3.8) is 0 Å². The molecule has 0 aromatic carbocycles. The molecular weight excluding hydrogens is 202 g/mol. The summed E-state index contributed by atoms with van der Waals surface area (Å²) in [5.74, 6) is -0.00551. The molecule has 2 N–H and O–H groups in total. The third kappa shape index (κ3) is 3.03. The van der Waals surface area contributed by atoms with Crippen LogP contribution in [0.5, 0.6) is 0 Å². The Bertz CT molecular complexity index is 352. The molecule has 0 saturated carbocycles. The van der Waals surface area contributed by atoms with E-state index in [1.165, 1.54) is 0 Å². The highest BCUT2D eigenvalue weighted by atomic mass is 16.2. The van der Waals surface area contributed by atoms with Gasteiger partial charge < -0.3 is 10.6 Å². The summed E-state index contributed by atoms with van der Waals surface area (Å²) in [5, 5.41) is 0. The normalized spacial score (nSPS) is 10.2. The first kappa shape index (κ1) is 12.6. The minimum atomic E-state index is -0.00551. The third-order valence-corrected chi connectivity index (χ3v) is 2.51. The molecule has 0 bridgehead atoms. The number of hydrogen-bond donors (Lipinski definition) is 1. The zero-order valence-corrected chi connectivity index (χ0v) is 9.94. The number of hydrogen-bond acceptors (Lipinski definition) is 3. The lowest BCUT2D eigenvalue weighted by molar-refractivity contribution is 0.0757. The van der Waals surface area contributed by atoms with Crippen molar-refractivity contribution in [3.8, 4) is 0 Å². The van der Waals surface area contributed by atoms with Gasteiger partial charge in [-0.15, -0.1) is 0 Å². The molecule has 0 aliphatic carbocycles. The lowest BCUT2D eigenvalue weighted by Crippen LogP contribution is -2.33. The fraction of sp³-hybridized carbons (Fsp3) is 0.500. The highest BCUT2D eigenvalue weighted by molar-refractivity contribution is 5.93. The van der Waals surface area contributed by atoms with E-state index in [4.69, 9.17) is 5.73 Å². The zero-order valence-electron chi connectivity index (χ0n) is 9.94. The second-order valence-corrected chi connectivity index (χ2v) is 3.70. The Morgan fingerprint density at radius 3 is 2.88 bits per heavy atom. The highest BCUT2D eigenvalue weighted by Crippen LogP contribution is 2.07. The van der Waals surface area contributed by atoms with E-state index in [-0.39, 0.29) is 5.91 Å². The summed E-state index contributed by atoms with van der Waals surface area (Å²) in [4.78, 5) is 18.0. The fourth-order valence-corrected chi connectivity index (χ4v) is 1.54. The summed E-state index contributed by atoms with van der Waals surface area (Å²) in [6, 6.07) is 3.74. The van der Waals surface area contributed by atoms with Crippen molar-refractivity contribution >= 4 is 5.91 Å². The van der Waals surface area contributed by atoms with Crippen LogP contribution < -0.4 is 5.73 Å². The Balaban J connectivity index is 2.79. The van der Waals surface area contributed by atoms with Crippen molar-refractivity contribution in [2.24, 2.45) is 5.73 Å². The molecule has 1 rings (SSSR count). The molecule has 0 spiro atoms. The molecule has 0 aliphatic rings. The number of aromatic nitrogens is 1. The Labute approximate surface area is 96.5 Å². The van der Waals surface area contributed by atoms with Gasteiger partial charge in [-0.25, -0.2) is 0 Å². The second-order valence-electron chi connectivity index (χ2n) is 3.70. The number of amides is 1. The molecule has 1 aromatic rings. The Morgan fingerprint density at radius 2 is 2.31 bits per heavy atom. The van der Waals surface area contributed by atoms with Crippen LogP contribution in [0.4, 0.5) is 0 Å². The molecular formula is C12H19N3O. The van der Waals surface area contributed by atoms with E-state index in [0.717, 1.165) is 12.0 Å². The molecule has 0 unspecified atom stereocenters. The van der Waals surface area contributed by atoms with Gasteiger partial charge in [-0.2, -0.15) is 0 Å². The third-order valence-electron chi connectivity index (χ3n) is 2.51. The number of pyridine rings is 1. The van der Waals surface area contributed by atoms with Crippen molar-refractivity contribution in [2.75, 3.05) is 19.6 Å². The van der Waals surface area contributed by atoms with Crippen LogP contribution in [0.25, 0.3) is 0 Å². The molecule has 0 saturated heterocycles. The first-order chi connectivity index (χ1) is 7.70. The molecule has 88 valence electrons. The van der Waals surface area contributed by atoms with Crippen LogP contribution in [-0.4, -0.2) is 35.4 Å². The minimum absolute atomic E-state index is 0.00551. The van der Waals surface area contributed by atoms with E-state index in [1.807, 2.05) is 26.0 Å². The average molecular weight is 221 g/mol. The number of nitrogens with zero attached hydrogens (tertiary/aromatic N) is 2. The highest BCUT2D eigenvalue weighted by Gasteiger charge is 2.16. The van der Waals surface area contributed by atoms with Crippen LogP contribution in [0, 0.1) is 6.92 Å². The smallest absolute Gasteiger partial charge is 0.272 e. The van der Waals surface area contributed by atoms with Crippen LogP contribution in [0.15, 0.2) is 18.3 Å². The number of aryl methyl sites for hydroxylation is 1. The summed E-state index contributed by atoms with van der Waals surface area (Å²) in [6.07, 6.45) is 2.47. The molecule has 0 radical (unpaired) electrons. The van der Waals surface area contributed by atoms with E-state index < -0.39 is 0 Å². The Kier molecular flexibility index (Phi) is 4.92. The van der Waals surface area contributed by atoms with Gasteiger partial charge in [-0.05, 0) is 38.4 Å². The first-order valence-electron chi connectivity index (χ1n) is 5.61. The maximum Gasteiger partial charge on any atom is 0.272 e. The van der Waals surface area contributed by atoms with Crippen LogP contribution in [-0.2, 0) is 0 Å². The van der Waals surface area contributed by atoms with Gasteiger partial charge in [0.15, 0.2) is 0 Å². The summed E-state index contributed by atoms with van der Waals surface area (Å²) in [5.41, 5.74) is 6.91. The lowest BCUT2D eigenvalue weighted by Gasteiger charge is -2.20. The average Bonchev–Trinajstić information content (AvgIpc) is 2.30. The van der Waals surface area contributed by atoms with E-state index in [0.29, 0.717) is 25.3 Å². The van der Waals surface area contributed by atoms with Gasteiger partial charge >= 0.3 is 0 Å². The molecule has 4 heteroatoms. The summed E-state index contributed by atoms with van der Waals surface area (Å²) in [7, 11) is 0. The number of nitrogens with two attached hydrogens (primary N) is 1. The van der Waals surface area contributed by atoms with Crippen LogP contribution in [0.1, 0.15) is 29.4 Å². The van der Waals surface area contributed by atoms with E-state index >= 15 is 0 Å². The maximum atomic E-state index is 12.1. The van der Waals surface area contributed by atoms with Gasteiger partial charge in [0.05, 0.1) is 0 Å². The number of carbonyl (C=O) groups excluding carboxylic acids is 1. The van der Waals surface area contributed by atoms with E-state index in [2.05, 4.69) is 4.98 Å². The number of rotatable bonds is 5. The summed E-state index contributed by atoms with van der Waals surface area (Å²) in [6.45, 7) is 5.85. The van der Waals surface area contributed by atoms with Crippen molar-refractivity contribution in [2.45, 2.75) is 20.3 Å². The predicted octanol–water partition coefficient (Wildman–Crippen LogP) is 1.20. The van der Waals surface area contributed by atoms with Gasteiger partial charge in [-0.3, -0.25) is 9.78 Å². The molecule has 16 heavy (non-hydrogen) atoms. The fourth-order valence-electron chi connectivity index (χ4n) is 1.54. The standard InChI is InChI=1S/C12H19N3O/c1-3-15(9-5-7-13)12(16)11-10(2)6-4-8-14-11/h4,6,8H,3,5,7,9,13H2,1-2H3. The van der Waals surface area contributed by atoms with Crippen molar-refractivity contribution in [1.29, 1.82) is 0 Å². The SMILES string of the molecule is CCN(CCCN)C(=O)c1ncccc1C. The summed E-state index contributed by atoms with van der Waals surface area (Å²) < 4.78 is 0. The number of carbonyl (C=O) groups is 1. The Hall–Kier alpha value is -1.42. The zero-order chi connectivity index (χ0) is 12.0. The van der Waals surface area contributed by atoms with Gasteiger partial charge in [0, 0.05) is 19.3 Å². The van der Waals surface area contributed by atoms with Crippen LogP contribution in [0.3, 0.4) is 0 Å². The van der Waals surface area contributed by atoms with Crippen molar-refractivity contribution < 1.29 is 4.79 Å². The minimum Gasteiger partial charge on any atom is -0.338 e. The Morgan fingerprint density at radius 1 is 1.56 bits per heavy atom. The molecule has 1 amide bonds. The summed E-state index contributed by atoms with van der Waals surface area (Å²) >= 11 is 0. The molecule has 4 nitrogen and oxygen atoms in total. The van der Waals surface area contributed by atoms with Gasteiger partial charge in [-0.1, -0.05) is 6.07 Å². The van der Waals surface area contributed by atoms with Crippen LogP contribution >= 0.6 is 0 Å². The lowest BCUT2D eigenvalue weighted by atomic mass is 10.2. The monoisotopic (exact) mass is 221 g/mol. The van der Waals surface area contributed by atoms with Gasteiger partial charge in [0.25, 0.3) is 5.91 Å². The molecule has 0 aliphatic heterocycles. The van der Waals surface area contributed by atoms with Crippen molar-refractivity contribution in [1.82, 2.24) is 9.88 Å². The topological polar surface area (TPSA) is 59.2 Å². The molecule has 1 aromatic heterocycles. The quantitative estimate of drug-likeness (QED) is 0.812. The molecule has 0 fully saturated rings. The molecule has 0 atom stereocenters. The van der Waals surface area contributed by atoms with E-state index in [9.17, 15) is 4.79 Å². The van der Waals surface area contributed by atoms with Crippen molar-refractivity contribution in [3.05, 3.63) is 29.6 Å². The maximum absolute atomic E-state index is 12.1. The van der Waals surface area contributed by atoms with E-state index in [1.54, 1.807) is 11.1 Å². The predicted molar refractivity (Wildman–Crippen MR) is 64.2 cm³/mol. The second kappa shape index (κ2) is 6.23. The largest absolute Gasteiger partial charge is 0.338 e. The van der Waals surface area contributed by atoms with Crippen LogP contribution in [0.2, 0.25) is 0 Å². The van der Waals surface area contributed by atoms with Gasteiger partial charge in [0.2, 0.25) is 0 Å². The first-order valence-corrected chi connectivity index (χ1v) is 5.61.